The third kappa shape index (κ3) is 2.63. The summed E-state index contributed by atoms with van der Waals surface area (Å²) >= 11 is 5.64. The van der Waals surface area contributed by atoms with Gasteiger partial charge in [0.2, 0.25) is 0 Å². The molecular weight excluding hydrogens is 282 g/mol. The molecule has 0 N–H and O–H groups in total. The molecule has 0 aliphatic carbocycles. The van der Waals surface area contributed by atoms with Crippen LogP contribution in [0.2, 0.25) is 0 Å². The Morgan fingerprint density at radius 1 is 1.10 bits per heavy atom. The molecule has 1 aromatic rings. The fourth-order valence-electron chi connectivity index (χ4n) is 3.35. The molecule has 110 valence electrons. The normalized spacial score (nSPS) is 23.8. The Hall–Kier alpha value is -0.870. The first-order chi connectivity index (χ1) is 9.69. The van der Waals surface area contributed by atoms with Crippen LogP contribution in [0.15, 0.2) is 12.1 Å². The van der Waals surface area contributed by atoms with Gasteiger partial charge in [-0.05, 0) is 50.0 Å². The fraction of sp³-hybridized carbons (Fsp3) is 0.600. The van der Waals surface area contributed by atoms with E-state index >= 15 is 0 Å². The summed E-state index contributed by atoms with van der Waals surface area (Å²) in [5.74, 6) is -0.865. The highest BCUT2D eigenvalue weighted by molar-refractivity contribution is 6.17. The summed E-state index contributed by atoms with van der Waals surface area (Å²) < 4.78 is 28.2. The van der Waals surface area contributed by atoms with Crippen LogP contribution in [-0.2, 0) is 5.88 Å². The van der Waals surface area contributed by atoms with E-state index in [4.69, 9.17) is 11.6 Å². The summed E-state index contributed by atoms with van der Waals surface area (Å²) in [4.78, 5) is 4.29. The maximum Gasteiger partial charge on any atom is 0.149 e. The van der Waals surface area contributed by atoms with Crippen LogP contribution in [-0.4, -0.2) is 37.1 Å². The molecular formula is C15H19ClF2N2. The highest BCUT2D eigenvalue weighted by Gasteiger charge is 2.31. The fourth-order valence-corrected chi connectivity index (χ4v) is 3.50. The van der Waals surface area contributed by atoms with E-state index in [1.54, 1.807) is 0 Å². The quantitative estimate of drug-likeness (QED) is 0.790. The van der Waals surface area contributed by atoms with Gasteiger partial charge >= 0.3 is 0 Å². The lowest BCUT2D eigenvalue weighted by atomic mass is 10.2. The Kier molecular flexibility index (Phi) is 4.13. The molecule has 3 rings (SSSR count). The maximum atomic E-state index is 14.1. The standard InChI is InChI=1S/C15H19ClF2N2/c16-9-11-7-13(17)15(14(18)8-11)20-6-3-12(10-20)19-4-1-2-5-19/h7-8,12H,1-6,9-10H2. The summed E-state index contributed by atoms with van der Waals surface area (Å²) in [6.45, 7) is 3.67. The van der Waals surface area contributed by atoms with Crippen LogP contribution in [0.5, 0.6) is 0 Å². The second kappa shape index (κ2) is 5.86. The molecule has 2 saturated heterocycles. The zero-order valence-electron chi connectivity index (χ0n) is 11.4. The van der Waals surface area contributed by atoms with E-state index in [1.807, 2.05) is 4.90 Å². The molecule has 0 saturated carbocycles. The summed E-state index contributed by atoms with van der Waals surface area (Å²) in [7, 11) is 0. The molecule has 20 heavy (non-hydrogen) atoms. The molecule has 0 amide bonds. The lowest BCUT2D eigenvalue weighted by Gasteiger charge is -2.25. The van der Waals surface area contributed by atoms with Crippen LogP contribution >= 0.6 is 11.6 Å². The van der Waals surface area contributed by atoms with Crippen molar-refractivity contribution in [1.29, 1.82) is 0 Å². The van der Waals surface area contributed by atoms with Gasteiger partial charge in [-0.3, -0.25) is 4.90 Å². The maximum absolute atomic E-state index is 14.1. The number of nitrogens with zero attached hydrogens (tertiary/aromatic N) is 2. The van der Waals surface area contributed by atoms with Crippen molar-refractivity contribution in [2.24, 2.45) is 0 Å². The molecule has 1 unspecified atom stereocenters. The number of rotatable bonds is 3. The van der Waals surface area contributed by atoms with Crippen molar-refractivity contribution in [2.45, 2.75) is 31.2 Å². The van der Waals surface area contributed by atoms with Crippen LogP contribution in [0.1, 0.15) is 24.8 Å². The molecule has 1 aromatic carbocycles. The summed E-state index contributed by atoms with van der Waals surface area (Å²) in [5, 5.41) is 0. The average Bonchev–Trinajstić information content (AvgIpc) is 3.08. The first-order valence-electron chi connectivity index (χ1n) is 7.22. The smallest absolute Gasteiger partial charge is 0.149 e. The Labute approximate surface area is 123 Å². The van der Waals surface area contributed by atoms with Crippen molar-refractivity contribution >= 4 is 17.3 Å². The minimum Gasteiger partial charge on any atom is -0.365 e. The van der Waals surface area contributed by atoms with Crippen LogP contribution in [0.4, 0.5) is 14.5 Å². The molecule has 0 radical (unpaired) electrons. The molecule has 5 heteroatoms. The van der Waals surface area contributed by atoms with Gasteiger partial charge in [-0.25, -0.2) is 8.78 Å². The van der Waals surface area contributed by atoms with Gasteiger partial charge < -0.3 is 4.90 Å². The lowest BCUT2D eigenvalue weighted by molar-refractivity contribution is 0.260. The zero-order chi connectivity index (χ0) is 14.1. The lowest BCUT2D eigenvalue weighted by Crippen LogP contribution is -2.35. The van der Waals surface area contributed by atoms with E-state index < -0.39 is 11.6 Å². The first-order valence-corrected chi connectivity index (χ1v) is 7.75. The van der Waals surface area contributed by atoms with Crippen molar-refractivity contribution in [1.82, 2.24) is 4.90 Å². The molecule has 2 aliphatic rings. The molecule has 1 atom stereocenters. The number of benzene rings is 1. The van der Waals surface area contributed by atoms with E-state index in [1.165, 1.54) is 25.0 Å². The van der Waals surface area contributed by atoms with Crippen molar-refractivity contribution in [3.63, 3.8) is 0 Å². The minimum absolute atomic E-state index is 0.112. The molecule has 2 fully saturated rings. The van der Waals surface area contributed by atoms with E-state index in [-0.39, 0.29) is 11.6 Å². The summed E-state index contributed by atoms with van der Waals surface area (Å²) in [5.41, 5.74) is 0.598. The van der Waals surface area contributed by atoms with Gasteiger partial charge in [0.15, 0.2) is 0 Å². The van der Waals surface area contributed by atoms with E-state index in [9.17, 15) is 8.78 Å². The highest BCUT2D eigenvalue weighted by Crippen LogP contribution is 2.30. The number of alkyl halides is 1. The van der Waals surface area contributed by atoms with Crippen LogP contribution < -0.4 is 4.90 Å². The van der Waals surface area contributed by atoms with Crippen LogP contribution in [0.25, 0.3) is 0 Å². The van der Waals surface area contributed by atoms with Crippen molar-refractivity contribution in [3.8, 4) is 0 Å². The van der Waals surface area contributed by atoms with Gasteiger partial charge in [0, 0.05) is 25.0 Å². The van der Waals surface area contributed by atoms with Crippen molar-refractivity contribution < 1.29 is 8.78 Å². The average molecular weight is 301 g/mol. The van der Waals surface area contributed by atoms with Gasteiger partial charge in [-0.2, -0.15) is 0 Å². The van der Waals surface area contributed by atoms with Crippen LogP contribution in [0, 0.1) is 11.6 Å². The van der Waals surface area contributed by atoms with Gasteiger partial charge in [0.05, 0.1) is 0 Å². The SMILES string of the molecule is Fc1cc(CCl)cc(F)c1N1CCC(N2CCCC2)C1. The number of hydrogen-bond acceptors (Lipinski definition) is 2. The third-order valence-electron chi connectivity index (χ3n) is 4.37. The van der Waals surface area contributed by atoms with Crippen LogP contribution in [0.3, 0.4) is 0 Å². The number of anilines is 1. The second-order valence-electron chi connectivity index (χ2n) is 5.67. The topological polar surface area (TPSA) is 6.48 Å². The van der Waals surface area contributed by atoms with Gasteiger partial charge in [-0.15, -0.1) is 11.6 Å². The van der Waals surface area contributed by atoms with Crippen molar-refractivity contribution in [3.05, 3.63) is 29.3 Å². The molecule has 2 heterocycles. The summed E-state index contributed by atoms with van der Waals surface area (Å²) in [6.07, 6.45) is 3.46. The Morgan fingerprint density at radius 2 is 1.75 bits per heavy atom. The second-order valence-corrected chi connectivity index (χ2v) is 5.94. The van der Waals surface area contributed by atoms with Gasteiger partial charge in [0.25, 0.3) is 0 Å². The van der Waals surface area contributed by atoms with Crippen molar-refractivity contribution in [2.75, 3.05) is 31.1 Å². The molecule has 0 bridgehead atoms. The molecule has 2 nitrogen and oxygen atoms in total. The minimum atomic E-state index is -0.497. The molecule has 2 aliphatic heterocycles. The van der Waals surface area contributed by atoms with E-state index in [0.29, 0.717) is 18.2 Å². The predicted molar refractivity (Wildman–Crippen MR) is 77.3 cm³/mol. The van der Waals surface area contributed by atoms with Gasteiger partial charge in [0.1, 0.15) is 17.3 Å². The number of halogens is 3. The third-order valence-corrected chi connectivity index (χ3v) is 4.68. The van der Waals surface area contributed by atoms with E-state index in [0.717, 1.165) is 26.1 Å². The number of likely N-dealkylation sites (tertiary alicyclic amines) is 1. The largest absolute Gasteiger partial charge is 0.365 e. The van der Waals surface area contributed by atoms with E-state index in [2.05, 4.69) is 4.90 Å². The summed E-state index contributed by atoms with van der Waals surface area (Å²) in [6, 6.07) is 3.12. The van der Waals surface area contributed by atoms with Gasteiger partial charge in [-0.1, -0.05) is 0 Å². The highest BCUT2D eigenvalue weighted by atomic mass is 35.5. The molecule has 0 aromatic heterocycles. The number of hydrogen-bond donors (Lipinski definition) is 0. The Balaban J connectivity index is 1.77. The zero-order valence-corrected chi connectivity index (χ0v) is 12.2. The monoisotopic (exact) mass is 300 g/mol. The predicted octanol–water partition coefficient (Wildman–Crippen LogP) is 3.38. The Morgan fingerprint density at radius 3 is 2.35 bits per heavy atom. The first kappa shape index (κ1) is 14.1. The molecule has 0 spiro atoms. The Bertz CT molecular complexity index is 466.